The second-order valence-electron chi connectivity index (χ2n) is 4.98. The summed E-state index contributed by atoms with van der Waals surface area (Å²) in [5.74, 6) is 0.207. The fourth-order valence-electron chi connectivity index (χ4n) is 2.05. The molecule has 0 fully saturated rings. The van der Waals surface area contributed by atoms with Crippen molar-refractivity contribution < 1.29 is 4.79 Å². The van der Waals surface area contributed by atoms with Crippen molar-refractivity contribution in [2.24, 2.45) is 0 Å². The number of amides is 1. The molecule has 0 aliphatic heterocycles. The number of benzene rings is 2. The van der Waals surface area contributed by atoms with Crippen molar-refractivity contribution in [2.75, 3.05) is 5.88 Å². The van der Waals surface area contributed by atoms with Gasteiger partial charge in [-0.05, 0) is 36.6 Å². The second-order valence-corrected chi connectivity index (χ2v) is 5.69. The predicted octanol–water partition coefficient (Wildman–Crippen LogP) is 4.23. The van der Waals surface area contributed by atoms with Crippen LogP contribution in [0.5, 0.6) is 0 Å². The van der Waals surface area contributed by atoms with Crippen molar-refractivity contribution in [3.8, 4) is 0 Å². The Hall–Kier alpha value is -1.51. The fourth-order valence-corrected chi connectivity index (χ4v) is 2.41. The molecule has 0 aliphatic rings. The van der Waals surface area contributed by atoms with E-state index in [1.807, 2.05) is 43.3 Å². The van der Waals surface area contributed by atoms with E-state index >= 15 is 0 Å². The highest BCUT2D eigenvalue weighted by molar-refractivity contribution is 6.31. The average molecular weight is 322 g/mol. The number of alkyl halides is 1. The highest BCUT2D eigenvalue weighted by Crippen LogP contribution is 2.17. The second kappa shape index (κ2) is 7.48. The van der Waals surface area contributed by atoms with Gasteiger partial charge in [0, 0.05) is 22.5 Å². The largest absolute Gasteiger partial charge is 0.348 e. The zero-order valence-electron chi connectivity index (χ0n) is 11.8. The molecular weight excluding hydrogens is 305 g/mol. The summed E-state index contributed by atoms with van der Waals surface area (Å²) in [6, 6.07) is 15.1. The number of carbonyl (C=O) groups is 1. The first-order valence-electron chi connectivity index (χ1n) is 6.77. The number of carbonyl (C=O) groups excluding carboxylic acids is 1. The van der Waals surface area contributed by atoms with Crippen molar-refractivity contribution in [1.29, 1.82) is 0 Å². The molecule has 0 heterocycles. The van der Waals surface area contributed by atoms with Crippen LogP contribution < -0.4 is 5.32 Å². The molecule has 2 rings (SSSR count). The molecule has 2 aromatic carbocycles. The Balaban J connectivity index is 2.04. The van der Waals surface area contributed by atoms with Gasteiger partial charge in [0.05, 0.1) is 0 Å². The molecule has 0 bridgehead atoms. The van der Waals surface area contributed by atoms with Crippen LogP contribution in [0.3, 0.4) is 0 Å². The maximum atomic E-state index is 12.2. The summed E-state index contributed by atoms with van der Waals surface area (Å²) in [5.41, 5.74) is 2.64. The van der Waals surface area contributed by atoms with Crippen LogP contribution in [-0.4, -0.2) is 17.8 Å². The highest BCUT2D eigenvalue weighted by atomic mass is 35.5. The van der Waals surface area contributed by atoms with Gasteiger partial charge < -0.3 is 5.32 Å². The highest BCUT2D eigenvalue weighted by Gasteiger charge is 2.14. The van der Waals surface area contributed by atoms with Gasteiger partial charge in [-0.3, -0.25) is 4.79 Å². The molecule has 2 nitrogen and oxygen atoms in total. The Morgan fingerprint density at radius 2 is 1.90 bits per heavy atom. The van der Waals surface area contributed by atoms with Crippen molar-refractivity contribution in [3.05, 3.63) is 70.2 Å². The lowest BCUT2D eigenvalue weighted by Crippen LogP contribution is -2.37. The third-order valence-corrected chi connectivity index (χ3v) is 4.06. The number of hydrogen-bond donors (Lipinski definition) is 1. The molecule has 0 aromatic heterocycles. The molecule has 0 saturated heterocycles. The standard InChI is InChI=1S/C17H17Cl2NO/c1-12-7-8-14(10-16(12)19)17(21)20-15(11-18)9-13-5-3-2-4-6-13/h2-8,10,15H,9,11H2,1H3,(H,20,21). The molecule has 0 spiro atoms. The predicted molar refractivity (Wildman–Crippen MR) is 88.3 cm³/mol. The summed E-state index contributed by atoms with van der Waals surface area (Å²) in [6.07, 6.45) is 0.704. The van der Waals surface area contributed by atoms with Crippen LogP contribution in [0, 0.1) is 6.92 Å². The zero-order valence-corrected chi connectivity index (χ0v) is 13.3. The van der Waals surface area contributed by atoms with E-state index in [1.54, 1.807) is 12.1 Å². The molecular formula is C17H17Cl2NO. The first kappa shape index (κ1) is 15.9. The Bertz CT molecular complexity index is 613. The summed E-state index contributed by atoms with van der Waals surface area (Å²) < 4.78 is 0. The molecule has 4 heteroatoms. The zero-order chi connectivity index (χ0) is 15.2. The third kappa shape index (κ3) is 4.48. The fraction of sp³-hybridized carbons (Fsp3) is 0.235. The summed E-state index contributed by atoms with van der Waals surface area (Å²) in [6.45, 7) is 1.90. The van der Waals surface area contributed by atoms with Gasteiger partial charge in [-0.1, -0.05) is 48.0 Å². The topological polar surface area (TPSA) is 29.1 Å². The van der Waals surface area contributed by atoms with Crippen LogP contribution >= 0.6 is 23.2 Å². The molecule has 21 heavy (non-hydrogen) atoms. The maximum Gasteiger partial charge on any atom is 0.251 e. The van der Waals surface area contributed by atoms with E-state index < -0.39 is 0 Å². The van der Waals surface area contributed by atoms with Crippen LogP contribution in [0.15, 0.2) is 48.5 Å². The lowest BCUT2D eigenvalue weighted by molar-refractivity contribution is 0.0940. The normalized spacial score (nSPS) is 12.0. The van der Waals surface area contributed by atoms with E-state index in [1.165, 1.54) is 0 Å². The first-order valence-corrected chi connectivity index (χ1v) is 7.68. The minimum atomic E-state index is -0.154. The van der Waals surface area contributed by atoms with Crippen LogP contribution in [0.4, 0.5) is 0 Å². The molecule has 0 saturated carbocycles. The van der Waals surface area contributed by atoms with Gasteiger partial charge >= 0.3 is 0 Å². The summed E-state index contributed by atoms with van der Waals surface area (Å²) in [7, 11) is 0. The van der Waals surface area contributed by atoms with E-state index in [-0.39, 0.29) is 11.9 Å². The lowest BCUT2D eigenvalue weighted by atomic mass is 10.1. The Morgan fingerprint density at radius 3 is 2.52 bits per heavy atom. The van der Waals surface area contributed by atoms with Gasteiger partial charge in [-0.15, -0.1) is 11.6 Å². The Kier molecular flexibility index (Phi) is 5.66. The third-order valence-electron chi connectivity index (χ3n) is 3.28. The van der Waals surface area contributed by atoms with E-state index in [0.717, 1.165) is 11.1 Å². The van der Waals surface area contributed by atoms with Crippen molar-refractivity contribution >= 4 is 29.1 Å². The van der Waals surface area contributed by atoms with E-state index in [9.17, 15) is 4.79 Å². The summed E-state index contributed by atoms with van der Waals surface area (Å²) >= 11 is 12.0. The van der Waals surface area contributed by atoms with Gasteiger partial charge in [0.1, 0.15) is 0 Å². The number of halogens is 2. The van der Waals surface area contributed by atoms with Gasteiger partial charge in [0.25, 0.3) is 5.91 Å². The number of hydrogen-bond acceptors (Lipinski definition) is 1. The summed E-state index contributed by atoms with van der Waals surface area (Å²) in [5, 5.41) is 3.54. The van der Waals surface area contributed by atoms with Crippen LogP contribution in [0.2, 0.25) is 5.02 Å². The maximum absolute atomic E-state index is 12.2. The van der Waals surface area contributed by atoms with Crippen molar-refractivity contribution in [3.63, 3.8) is 0 Å². The minimum absolute atomic E-state index is 0.110. The monoisotopic (exact) mass is 321 g/mol. The Morgan fingerprint density at radius 1 is 1.19 bits per heavy atom. The minimum Gasteiger partial charge on any atom is -0.348 e. The summed E-state index contributed by atoms with van der Waals surface area (Å²) in [4.78, 5) is 12.2. The molecule has 1 atom stereocenters. The quantitative estimate of drug-likeness (QED) is 0.820. The van der Waals surface area contributed by atoms with Crippen molar-refractivity contribution in [1.82, 2.24) is 5.32 Å². The molecule has 1 N–H and O–H groups in total. The average Bonchev–Trinajstić information content (AvgIpc) is 2.50. The molecule has 2 aromatic rings. The van der Waals surface area contributed by atoms with Gasteiger partial charge in [0.2, 0.25) is 0 Å². The number of rotatable bonds is 5. The molecule has 0 aliphatic carbocycles. The SMILES string of the molecule is Cc1ccc(C(=O)NC(CCl)Cc2ccccc2)cc1Cl. The van der Waals surface area contributed by atoms with Crippen LogP contribution in [0.1, 0.15) is 21.5 Å². The van der Waals surface area contributed by atoms with Crippen LogP contribution in [-0.2, 0) is 6.42 Å². The molecule has 0 radical (unpaired) electrons. The van der Waals surface area contributed by atoms with Gasteiger partial charge in [0.15, 0.2) is 0 Å². The van der Waals surface area contributed by atoms with E-state index in [4.69, 9.17) is 23.2 Å². The molecule has 1 unspecified atom stereocenters. The Labute approximate surface area is 135 Å². The van der Waals surface area contributed by atoms with Crippen molar-refractivity contribution in [2.45, 2.75) is 19.4 Å². The lowest BCUT2D eigenvalue weighted by Gasteiger charge is -2.16. The number of nitrogens with one attached hydrogen (secondary N) is 1. The molecule has 1 amide bonds. The number of aryl methyl sites for hydroxylation is 1. The van der Waals surface area contributed by atoms with Crippen LogP contribution in [0.25, 0.3) is 0 Å². The first-order chi connectivity index (χ1) is 10.1. The van der Waals surface area contributed by atoms with E-state index in [0.29, 0.717) is 22.9 Å². The van der Waals surface area contributed by atoms with E-state index in [2.05, 4.69) is 5.32 Å². The molecule has 110 valence electrons. The smallest absolute Gasteiger partial charge is 0.251 e. The van der Waals surface area contributed by atoms with Gasteiger partial charge in [-0.25, -0.2) is 0 Å². The van der Waals surface area contributed by atoms with Gasteiger partial charge in [-0.2, -0.15) is 0 Å².